The lowest BCUT2D eigenvalue weighted by Crippen LogP contribution is -2.57. The number of hydrogen-bond donors (Lipinski definition) is 1. The summed E-state index contributed by atoms with van der Waals surface area (Å²) in [5.41, 5.74) is 0. The lowest BCUT2D eigenvalue weighted by molar-refractivity contribution is -0.181. The van der Waals surface area contributed by atoms with Crippen molar-refractivity contribution in [2.45, 2.75) is 25.2 Å². The molecule has 144 valence electrons. The molecular formula is C17H22F3N3O3. The fourth-order valence-corrected chi connectivity index (χ4v) is 3.00. The number of nitrogens with one attached hydrogen (secondary N) is 1. The SMILES string of the molecule is CC(N1CCN(C(=O)NCC2COc3ccccc3O2)CC1)C(F)(F)F. The van der Waals surface area contributed by atoms with Crippen LogP contribution in [-0.4, -0.2) is 73.5 Å². The zero-order chi connectivity index (χ0) is 18.7. The molecule has 0 radical (unpaired) electrons. The van der Waals surface area contributed by atoms with Crippen LogP contribution in [0.4, 0.5) is 18.0 Å². The van der Waals surface area contributed by atoms with Crippen LogP contribution >= 0.6 is 0 Å². The van der Waals surface area contributed by atoms with Gasteiger partial charge < -0.3 is 19.7 Å². The van der Waals surface area contributed by atoms with Crippen molar-refractivity contribution in [3.8, 4) is 11.5 Å². The number of alkyl halides is 3. The van der Waals surface area contributed by atoms with Crippen molar-refractivity contribution in [3.05, 3.63) is 24.3 Å². The van der Waals surface area contributed by atoms with Gasteiger partial charge in [0.05, 0.1) is 6.54 Å². The van der Waals surface area contributed by atoms with Gasteiger partial charge in [-0.15, -0.1) is 0 Å². The molecule has 9 heteroatoms. The predicted octanol–water partition coefficient (Wildman–Crippen LogP) is 2.10. The number of urea groups is 1. The maximum Gasteiger partial charge on any atom is 0.403 e. The number of para-hydroxylation sites is 2. The molecule has 1 saturated heterocycles. The molecule has 2 aliphatic rings. The predicted molar refractivity (Wildman–Crippen MR) is 88.4 cm³/mol. The van der Waals surface area contributed by atoms with Crippen molar-refractivity contribution in [1.82, 2.24) is 15.1 Å². The van der Waals surface area contributed by atoms with Crippen LogP contribution in [0.3, 0.4) is 0 Å². The maximum absolute atomic E-state index is 12.8. The van der Waals surface area contributed by atoms with Crippen molar-refractivity contribution >= 4 is 6.03 Å². The number of amides is 2. The lowest BCUT2D eigenvalue weighted by Gasteiger charge is -2.38. The molecule has 0 bridgehead atoms. The second-order valence-electron chi connectivity index (χ2n) is 6.42. The van der Waals surface area contributed by atoms with E-state index in [2.05, 4.69) is 5.32 Å². The van der Waals surface area contributed by atoms with Gasteiger partial charge in [-0.1, -0.05) is 12.1 Å². The third-order valence-corrected chi connectivity index (χ3v) is 4.67. The topological polar surface area (TPSA) is 54.0 Å². The average molecular weight is 373 g/mol. The Balaban J connectivity index is 1.43. The fraction of sp³-hybridized carbons (Fsp3) is 0.588. The minimum Gasteiger partial charge on any atom is -0.486 e. The van der Waals surface area contributed by atoms with Gasteiger partial charge in [-0.25, -0.2) is 4.79 Å². The van der Waals surface area contributed by atoms with Gasteiger partial charge in [0.2, 0.25) is 0 Å². The summed E-state index contributed by atoms with van der Waals surface area (Å²) in [6, 6.07) is 5.50. The number of rotatable bonds is 3. The Bertz CT molecular complexity index is 633. The van der Waals surface area contributed by atoms with E-state index in [1.807, 2.05) is 18.2 Å². The van der Waals surface area contributed by atoms with E-state index in [1.54, 1.807) is 6.07 Å². The molecule has 26 heavy (non-hydrogen) atoms. The van der Waals surface area contributed by atoms with Crippen LogP contribution in [0, 0.1) is 0 Å². The van der Waals surface area contributed by atoms with Crippen molar-refractivity contribution < 1.29 is 27.4 Å². The standard InChI is InChI=1S/C17H22F3N3O3/c1-12(17(18,19)20)22-6-8-23(9-7-22)16(24)21-10-13-11-25-14-4-2-3-5-15(14)26-13/h2-5,12-13H,6-11H2,1H3,(H,21,24). The molecule has 2 atom stereocenters. The molecule has 2 unspecified atom stereocenters. The Morgan fingerprint density at radius 1 is 1.23 bits per heavy atom. The molecule has 3 rings (SSSR count). The number of fused-ring (bicyclic) bond motifs is 1. The third-order valence-electron chi connectivity index (χ3n) is 4.67. The molecular weight excluding hydrogens is 351 g/mol. The number of carbonyl (C=O) groups excluding carboxylic acids is 1. The molecule has 2 amide bonds. The normalized spacial score (nSPS) is 22.0. The van der Waals surface area contributed by atoms with E-state index >= 15 is 0 Å². The van der Waals surface area contributed by atoms with Gasteiger partial charge in [-0.05, 0) is 19.1 Å². The van der Waals surface area contributed by atoms with E-state index < -0.39 is 12.2 Å². The molecule has 0 aliphatic carbocycles. The number of nitrogens with zero attached hydrogens (tertiary/aromatic N) is 2. The highest BCUT2D eigenvalue weighted by Crippen LogP contribution is 2.30. The fourth-order valence-electron chi connectivity index (χ4n) is 3.00. The highest BCUT2D eigenvalue weighted by atomic mass is 19.4. The van der Waals surface area contributed by atoms with E-state index in [4.69, 9.17) is 9.47 Å². The quantitative estimate of drug-likeness (QED) is 0.882. The Morgan fingerprint density at radius 3 is 2.54 bits per heavy atom. The molecule has 1 N–H and O–H groups in total. The highest BCUT2D eigenvalue weighted by molar-refractivity contribution is 5.74. The van der Waals surface area contributed by atoms with E-state index in [1.165, 1.54) is 9.80 Å². The Labute approximate surface area is 149 Å². The molecule has 1 aromatic rings. The van der Waals surface area contributed by atoms with Gasteiger partial charge in [0, 0.05) is 26.2 Å². The first-order valence-corrected chi connectivity index (χ1v) is 8.56. The van der Waals surface area contributed by atoms with Crippen LogP contribution < -0.4 is 14.8 Å². The summed E-state index contributed by atoms with van der Waals surface area (Å²) in [4.78, 5) is 15.1. The van der Waals surface area contributed by atoms with Crippen LogP contribution in [-0.2, 0) is 0 Å². The van der Waals surface area contributed by atoms with Gasteiger partial charge in [0.15, 0.2) is 17.6 Å². The number of ether oxygens (including phenoxy) is 2. The minimum absolute atomic E-state index is 0.199. The van der Waals surface area contributed by atoms with Crippen LogP contribution in [0.25, 0.3) is 0 Å². The summed E-state index contributed by atoms with van der Waals surface area (Å²) in [5, 5.41) is 2.77. The molecule has 0 aromatic heterocycles. The van der Waals surface area contributed by atoms with Gasteiger partial charge in [-0.2, -0.15) is 13.2 Å². The summed E-state index contributed by atoms with van der Waals surface area (Å²) >= 11 is 0. The summed E-state index contributed by atoms with van der Waals surface area (Å²) in [6.45, 7) is 2.66. The van der Waals surface area contributed by atoms with Gasteiger partial charge in [-0.3, -0.25) is 4.90 Å². The smallest absolute Gasteiger partial charge is 0.403 e. The number of carbonyl (C=O) groups is 1. The number of piperazine rings is 1. The largest absolute Gasteiger partial charge is 0.486 e. The van der Waals surface area contributed by atoms with Gasteiger partial charge >= 0.3 is 12.2 Å². The summed E-state index contributed by atoms with van der Waals surface area (Å²) in [6.07, 6.45) is -4.56. The highest BCUT2D eigenvalue weighted by Gasteiger charge is 2.41. The van der Waals surface area contributed by atoms with Gasteiger partial charge in [0.1, 0.15) is 12.6 Å². The first-order chi connectivity index (χ1) is 12.3. The Kier molecular flexibility index (Phi) is 5.45. The minimum atomic E-state index is -4.25. The second kappa shape index (κ2) is 7.61. The molecule has 6 nitrogen and oxygen atoms in total. The van der Waals surface area contributed by atoms with Crippen LogP contribution in [0.5, 0.6) is 11.5 Å². The molecule has 1 fully saturated rings. The van der Waals surface area contributed by atoms with E-state index in [0.29, 0.717) is 18.1 Å². The van der Waals surface area contributed by atoms with Crippen molar-refractivity contribution in [2.75, 3.05) is 39.3 Å². The second-order valence-corrected chi connectivity index (χ2v) is 6.42. The van der Waals surface area contributed by atoms with E-state index in [0.717, 1.165) is 6.92 Å². The molecule has 2 heterocycles. The molecule has 1 aromatic carbocycles. The van der Waals surface area contributed by atoms with Crippen LogP contribution in [0.1, 0.15) is 6.92 Å². The van der Waals surface area contributed by atoms with Crippen molar-refractivity contribution in [2.24, 2.45) is 0 Å². The molecule has 2 aliphatic heterocycles. The zero-order valence-electron chi connectivity index (χ0n) is 14.5. The maximum atomic E-state index is 12.8. The zero-order valence-corrected chi connectivity index (χ0v) is 14.5. The van der Waals surface area contributed by atoms with E-state index in [9.17, 15) is 18.0 Å². The van der Waals surface area contributed by atoms with Crippen LogP contribution in [0.2, 0.25) is 0 Å². The lowest BCUT2D eigenvalue weighted by atomic mass is 10.2. The number of hydrogen-bond acceptors (Lipinski definition) is 4. The Morgan fingerprint density at radius 2 is 1.88 bits per heavy atom. The molecule has 0 saturated carbocycles. The first kappa shape index (κ1) is 18.6. The van der Waals surface area contributed by atoms with E-state index in [-0.39, 0.29) is 44.9 Å². The van der Waals surface area contributed by atoms with Crippen LogP contribution in [0.15, 0.2) is 24.3 Å². The monoisotopic (exact) mass is 373 g/mol. The third kappa shape index (κ3) is 4.32. The molecule has 0 spiro atoms. The number of benzene rings is 1. The first-order valence-electron chi connectivity index (χ1n) is 8.56. The Hall–Kier alpha value is -2.16. The number of halogens is 3. The average Bonchev–Trinajstić information content (AvgIpc) is 2.64. The van der Waals surface area contributed by atoms with Crippen molar-refractivity contribution in [3.63, 3.8) is 0 Å². The van der Waals surface area contributed by atoms with Gasteiger partial charge in [0.25, 0.3) is 0 Å². The summed E-state index contributed by atoms with van der Waals surface area (Å²) < 4.78 is 49.6. The van der Waals surface area contributed by atoms with Crippen molar-refractivity contribution in [1.29, 1.82) is 0 Å². The summed E-state index contributed by atoms with van der Waals surface area (Å²) in [7, 11) is 0. The summed E-state index contributed by atoms with van der Waals surface area (Å²) in [5.74, 6) is 1.30.